The fourth-order valence-electron chi connectivity index (χ4n) is 1.97. The van der Waals surface area contributed by atoms with Crippen LogP contribution in [0.2, 0.25) is 0 Å². The third-order valence-corrected chi connectivity index (χ3v) is 5.13. The summed E-state index contributed by atoms with van der Waals surface area (Å²) in [5.41, 5.74) is 1.08. The van der Waals surface area contributed by atoms with Crippen LogP contribution in [0.3, 0.4) is 0 Å². The van der Waals surface area contributed by atoms with Crippen molar-refractivity contribution in [2.24, 2.45) is 0 Å². The lowest BCUT2D eigenvalue weighted by Crippen LogP contribution is -2.19. The summed E-state index contributed by atoms with van der Waals surface area (Å²) in [6.45, 7) is 4.84. The van der Waals surface area contributed by atoms with E-state index in [4.69, 9.17) is 5.11 Å². The molecule has 102 valence electrons. The van der Waals surface area contributed by atoms with Crippen molar-refractivity contribution in [2.75, 3.05) is 0 Å². The number of thiophene rings is 2. The first kappa shape index (κ1) is 14.2. The largest absolute Gasteiger partial charge is 0.477 e. The number of nitrogens with one attached hydrogen (secondary N) is 1. The molecular formula is C14H17NO2S2. The van der Waals surface area contributed by atoms with E-state index in [2.05, 4.69) is 29.8 Å². The maximum Gasteiger partial charge on any atom is 0.345 e. The molecule has 0 aliphatic heterocycles. The second-order valence-corrected chi connectivity index (χ2v) is 6.59. The molecule has 0 aromatic carbocycles. The van der Waals surface area contributed by atoms with Crippen molar-refractivity contribution in [2.45, 2.75) is 32.9 Å². The van der Waals surface area contributed by atoms with Crippen LogP contribution in [0.4, 0.5) is 0 Å². The summed E-state index contributed by atoms with van der Waals surface area (Å²) in [7, 11) is 0. The van der Waals surface area contributed by atoms with Gasteiger partial charge in [0.05, 0.1) is 0 Å². The molecule has 19 heavy (non-hydrogen) atoms. The smallest absolute Gasteiger partial charge is 0.345 e. The zero-order valence-electron chi connectivity index (χ0n) is 11.0. The minimum atomic E-state index is -0.843. The van der Waals surface area contributed by atoms with Crippen LogP contribution in [-0.2, 0) is 6.54 Å². The van der Waals surface area contributed by atoms with Crippen LogP contribution in [0.25, 0.3) is 0 Å². The van der Waals surface area contributed by atoms with E-state index in [9.17, 15) is 4.79 Å². The molecule has 2 aromatic rings. The predicted octanol–water partition coefficient (Wildman–Crippen LogP) is 4.06. The summed E-state index contributed by atoms with van der Waals surface area (Å²) in [6, 6.07) is 6.31. The summed E-state index contributed by atoms with van der Waals surface area (Å²) in [4.78, 5) is 13.8. The quantitative estimate of drug-likeness (QED) is 0.845. The van der Waals surface area contributed by atoms with Gasteiger partial charge in [-0.05, 0) is 36.4 Å². The van der Waals surface area contributed by atoms with Crippen LogP contribution in [0.1, 0.15) is 44.4 Å². The lowest BCUT2D eigenvalue weighted by Gasteiger charge is -2.15. The van der Waals surface area contributed by atoms with Gasteiger partial charge in [0, 0.05) is 22.3 Å². The highest BCUT2D eigenvalue weighted by atomic mass is 32.1. The molecule has 0 aliphatic carbocycles. The fraction of sp³-hybridized carbons (Fsp3) is 0.357. The van der Waals surface area contributed by atoms with Crippen molar-refractivity contribution in [3.05, 3.63) is 43.8 Å². The summed E-state index contributed by atoms with van der Waals surface area (Å²) < 4.78 is 0. The minimum absolute atomic E-state index is 0.340. The first-order chi connectivity index (χ1) is 9.11. The minimum Gasteiger partial charge on any atom is -0.477 e. The average molecular weight is 295 g/mol. The molecule has 1 atom stereocenters. The van der Waals surface area contributed by atoms with Crippen LogP contribution < -0.4 is 5.32 Å². The maximum atomic E-state index is 10.9. The normalized spacial score (nSPS) is 12.5. The number of carbonyl (C=O) groups is 1. The maximum absolute atomic E-state index is 10.9. The standard InChI is InChI=1S/C14H17NO2S2/c1-3-11(12-5-4-6-18-12)15-8-10-7-13(14(16)17)19-9(10)2/h4-7,11,15H,3,8H2,1-2H3,(H,16,17). The highest BCUT2D eigenvalue weighted by molar-refractivity contribution is 7.14. The highest BCUT2D eigenvalue weighted by Crippen LogP contribution is 2.25. The third kappa shape index (κ3) is 3.43. The Balaban J connectivity index is 2.03. The van der Waals surface area contributed by atoms with Gasteiger partial charge in [-0.15, -0.1) is 22.7 Å². The average Bonchev–Trinajstić information content (AvgIpc) is 3.00. The van der Waals surface area contributed by atoms with E-state index in [0.29, 0.717) is 17.5 Å². The van der Waals surface area contributed by atoms with E-state index in [1.54, 1.807) is 17.4 Å². The number of carboxylic acid groups (broad SMARTS) is 1. The molecule has 0 spiro atoms. The second kappa shape index (κ2) is 6.32. The van der Waals surface area contributed by atoms with Crippen molar-refractivity contribution in [3.63, 3.8) is 0 Å². The number of hydrogen-bond acceptors (Lipinski definition) is 4. The van der Waals surface area contributed by atoms with Crippen LogP contribution in [-0.4, -0.2) is 11.1 Å². The van der Waals surface area contributed by atoms with Crippen molar-refractivity contribution in [1.29, 1.82) is 0 Å². The predicted molar refractivity (Wildman–Crippen MR) is 80.2 cm³/mol. The number of aromatic carboxylic acids is 1. The second-order valence-electron chi connectivity index (χ2n) is 4.35. The Morgan fingerprint density at radius 2 is 2.32 bits per heavy atom. The Morgan fingerprint density at radius 1 is 1.53 bits per heavy atom. The van der Waals surface area contributed by atoms with Crippen LogP contribution in [0, 0.1) is 6.92 Å². The Hall–Kier alpha value is -1.17. The molecule has 0 saturated heterocycles. The number of aryl methyl sites for hydroxylation is 1. The lowest BCUT2D eigenvalue weighted by atomic mass is 10.1. The van der Waals surface area contributed by atoms with Crippen LogP contribution >= 0.6 is 22.7 Å². The molecule has 3 nitrogen and oxygen atoms in total. The molecule has 1 unspecified atom stereocenters. The molecule has 0 amide bonds. The molecule has 5 heteroatoms. The van der Waals surface area contributed by atoms with E-state index >= 15 is 0 Å². The van der Waals surface area contributed by atoms with Crippen LogP contribution in [0.5, 0.6) is 0 Å². The summed E-state index contributed by atoms with van der Waals surface area (Å²) in [5, 5.41) is 14.6. The molecule has 2 heterocycles. The number of rotatable bonds is 6. The van der Waals surface area contributed by atoms with Gasteiger partial charge < -0.3 is 10.4 Å². The fourth-order valence-corrected chi connectivity index (χ4v) is 3.74. The lowest BCUT2D eigenvalue weighted by molar-refractivity contribution is 0.0702. The van der Waals surface area contributed by atoms with Gasteiger partial charge in [0.25, 0.3) is 0 Å². The van der Waals surface area contributed by atoms with E-state index in [1.165, 1.54) is 16.2 Å². The molecule has 2 N–H and O–H groups in total. The van der Waals surface area contributed by atoms with Gasteiger partial charge in [0.15, 0.2) is 0 Å². The van der Waals surface area contributed by atoms with Crippen molar-refractivity contribution >= 4 is 28.6 Å². The highest BCUT2D eigenvalue weighted by Gasteiger charge is 2.13. The monoisotopic (exact) mass is 295 g/mol. The summed E-state index contributed by atoms with van der Waals surface area (Å²) >= 11 is 3.09. The van der Waals surface area contributed by atoms with Gasteiger partial charge in [-0.1, -0.05) is 13.0 Å². The summed E-state index contributed by atoms with van der Waals surface area (Å²) in [6.07, 6.45) is 1.02. The number of carboxylic acids is 1. The molecule has 0 aliphatic rings. The molecule has 0 radical (unpaired) electrons. The van der Waals surface area contributed by atoms with Gasteiger partial charge in [-0.25, -0.2) is 4.79 Å². The van der Waals surface area contributed by atoms with Crippen molar-refractivity contribution < 1.29 is 9.90 Å². The van der Waals surface area contributed by atoms with Crippen molar-refractivity contribution in [3.8, 4) is 0 Å². The molecular weight excluding hydrogens is 278 g/mol. The van der Waals surface area contributed by atoms with Crippen molar-refractivity contribution in [1.82, 2.24) is 5.32 Å². The van der Waals surface area contributed by atoms with Crippen LogP contribution in [0.15, 0.2) is 23.6 Å². The van der Waals surface area contributed by atoms with Gasteiger partial charge >= 0.3 is 5.97 Å². The molecule has 0 saturated carbocycles. The first-order valence-electron chi connectivity index (χ1n) is 6.21. The Kier molecular flexibility index (Phi) is 4.74. The molecule has 0 fully saturated rings. The first-order valence-corrected chi connectivity index (χ1v) is 7.90. The van der Waals surface area contributed by atoms with E-state index < -0.39 is 5.97 Å². The third-order valence-electron chi connectivity index (χ3n) is 3.07. The molecule has 2 aromatic heterocycles. The van der Waals surface area contributed by atoms with Gasteiger partial charge in [0.2, 0.25) is 0 Å². The Labute approximate surface area is 120 Å². The zero-order chi connectivity index (χ0) is 13.8. The topological polar surface area (TPSA) is 49.3 Å². The van der Waals surface area contributed by atoms with Gasteiger partial charge in [0.1, 0.15) is 4.88 Å². The zero-order valence-corrected chi connectivity index (χ0v) is 12.6. The Bertz CT molecular complexity index is 546. The van der Waals surface area contributed by atoms with E-state index in [-0.39, 0.29) is 0 Å². The van der Waals surface area contributed by atoms with Gasteiger partial charge in [-0.3, -0.25) is 0 Å². The summed E-state index contributed by atoms with van der Waals surface area (Å²) in [5.74, 6) is -0.843. The molecule has 0 bridgehead atoms. The van der Waals surface area contributed by atoms with E-state index in [1.807, 2.05) is 6.92 Å². The molecule has 2 rings (SSSR count). The number of hydrogen-bond donors (Lipinski definition) is 2. The van der Waals surface area contributed by atoms with E-state index in [0.717, 1.165) is 16.9 Å². The SMILES string of the molecule is CCC(NCc1cc(C(=O)O)sc1C)c1cccs1. The Morgan fingerprint density at radius 3 is 2.84 bits per heavy atom. The van der Waals surface area contributed by atoms with Gasteiger partial charge in [-0.2, -0.15) is 0 Å².